The van der Waals surface area contributed by atoms with Gasteiger partial charge in [-0.3, -0.25) is 9.59 Å². The fraction of sp³-hybridized carbons (Fsp3) is 0.357. The third-order valence-electron chi connectivity index (χ3n) is 2.79. The summed E-state index contributed by atoms with van der Waals surface area (Å²) in [6.45, 7) is 0.408. The molecule has 1 aromatic carbocycles. The second-order valence-corrected chi connectivity index (χ2v) is 5.54. The Morgan fingerprint density at radius 1 is 1.25 bits per heavy atom. The zero-order valence-electron chi connectivity index (χ0n) is 11.0. The third kappa shape index (κ3) is 4.31. The van der Waals surface area contributed by atoms with Gasteiger partial charge in [0.15, 0.2) is 0 Å². The molecule has 1 heterocycles. The molecular weight excluding hydrogens is 276 g/mol. The average Bonchev–Trinajstić information content (AvgIpc) is 2.84. The molecule has 0 saturated carbocycles. The van der Waals surface area contributed by atoms with E-state index in [-0.39, 0.29) is 12.3 Å². The summed E-state index contributed by atoms with van der Waals surface area (Å²) in [5, 5.41) is 12.1. The van der Waals surface area contributed by atoms with Crippen molar-refractivity contribution in [1.82, 2.24) is 10.3 Å². The number of para-hydroxylation sites is 1. The molecule has 0 bridgehead atoms. The summed E-state index contributed by atoms with van der Waals surface area (Å²) in [5.41, 5.74) is 0.967. The van der Waals surface area contributed by atoms with E-state index in [1.54, 1.807) is 11.3 Å². The Labute approximate surface area is 120 Å². The first-order chi connectivity index (χ1) is 9.65. The molecular formula is C14H16N2O3S. The molecule has 0 atom stereocenters. The second kappa shape index (κ2) is 7.00. The Bertz CT molecular complexity index is 576. The van der Waals surface area contributed by atoms with E-state index in [4.69, 9.17) is 5.11 Å². The number of carboxylic acids is 1. The number of hydrogen-bond acceptors (Lipinski definition) is 4. The van der Waals surface area contributed by atoms with Gasteiger partial charge in [0.1, 0.15) is 0 Å². The number of carbonyl (C=O) groups is 2. The lowest BCUT2D eigenvalue weighted by atomic mass is 10.3. The van der Waals surface area contributed by atoms with E-state index in [1.807, 2.05) is 24.3 Å². The lowest BCUT2D eigenvalue weighted by molar-refractivity contribution is -0.137. The van der Waals surface area contributed by atoms with Gasteiger partial charge in [-0.15, -0.1) is 11.3 Å². The number of aliphatic carboxylic acids is 1. The maximum atomic E-state index is 11.6. The molecule has 0 aliphatic rings. The summed E-state index contributed by atoms with van der Waals surface area (Å²) in [6, 6.07) is 7.89. The van der Waals surface area contributed by atoms with E-state index < -0.39 is 5.97 Å². The van der Waals surface area contributed by atoms with Crippen molar-refractivity contribution < 1.29 is 14.7 Å². The van der Waals surface area contributed by atoms with Crippen LogP contribution >= 0.6 is 11.3 Å². The van der Waals surface area contributed by atoms with Crippen LogP contribution in [-0.4, -0.2) is 28.5 Å². The van der Waals surface area contributed by atoms with E-state index in [2.05, 4.69) is 10.3 Å². The number of fused-ring (bicyclic) bond motifs is 1. The van der Waals surface area contributed by atoms with Gasteiger partial charge in [-0.25, -0.2) is 4.98 Å². The van der Waals surface area contributed by atoms with Crippen molar-refractivity contribution in [3.05, 3.63) is 29.3 Å². The number of carboxylic acid groups (broad SMARTS) is 1. The number of aromatic nitrogens is 1. The van der Waals surface area contributed by atoms with Gasteiger partial charge in [0.2, 0.25) is 5.91 Å². The number of benzene rings is 1. The summed E-state index contributed by atoms with van der Waals surface area (Å²) < 4.78 is 1.13. The predicted octanol–water partition coefficient (Wildman–Crippen LogP) is 2.21. The summed E-state index contributed by atoms with van der Waals surface area (Å²) in [4.78, 5) is 26.4. The lowest BCUT2D eigenvalue weighted by Crippen LogP contribution is -2.25. The maximum absolute atomic E-state index is 11.6. The molecule has 0 saturated heterocycles. The van der Waals surface area contributed by atoms with Gasteiger partial charge < -0.3 is 10.4 Å². The topological polar surface area (TPSA) is 79.3 Å². The van der Waals surface area contributed by atoms with E-state index in [9.17, 15) is 9.59 Å². The molecule has 0 aliphatic carbocycles. The number of thiazole rings is 1. The minimum atomic E-state index is -0.839. The number of carbonyl (C=O) groups excluding carboxylic acids is 1. The highest BCUT2D eigenvalue weighted by molar-refractivity contribution is 7.18. The highest BCUT2D eigenvalue weighted by atomic mass is 32.1. The second-order valence-electron chi connectivity index (χ2n) is 4.42. The zero-order chi connectivity index (χ0) is 14.4. The Morgan fingerprint density at radius 3 is 2.80 bits per heavy atom. The molecule has 0 aliphatic heterocycles. The Balaban J connectivity index is 1.74. The van der Waals surface area contributed by atoms with Crippen LogP contribution < -0.4 is 5.32 Å². The highest BCUT2D eigenvalue weighted by Gasteiger charge is 2.06. The quantitative estimate of drug-likeness (QED) is 0.767. The van der Waals surface area contributed by atoms with Crippen LogP contribution in [0.4, 0.5) is 0 Å². The fourth-order valence-electron chi connectivity index (χ4n) is 1.80. The van der Waals surface area contributed by atoms with E-state index in [0.717, 1.165) is 15.2 Å². The largest absolute Gasteiger partial charge is 0.481 e. The normalized spacial score (nSPS) is 10.6. The monoisotopic (exact) mass is 292 g/mol. The minimum absolute atomic E-state index is 0.0605. The SMILES string of the molecule is O=C(O)CCCNC(=O)CCc1nc2ccccc2s1. The highest BCUT2D eigenvalue weighted by Crippen LogP contribution is 2.22. The van der Waals surface area contributed by atoms with Crippen molar-refractivity contribution in [3.8, 4) is 0 Å². The molecule has 5 nitrogen and oxygen atoms in total. The van der Waals surface area contributed by atoms with Crippen LogP contribution in [0.3, 0.4) is 0 Å². The standard InChI is InChI=1S/C14H16N2O3S/c17-12(15-9-3-6-14(18)19)7-8-13-16-10-4-1-2-5-11(10)20-13/h1-2,4-5H,3,6-9H2,(H,15,17)(H,18,19). The van der Waals surface area contributed by atoms with Crippen LogP contribution in [0.5, 0.6) is 0 Å². The van der Waals surface area contributed by atoms with Gasteiger partial charge in [0.25, 0.3) is 0 Å². The van der Waals surface area contributed by atoms with Crippen molar-refractivity contribution in [2.45, 2.75) is 25.7 Å². The summed E-state index contributed by atoms with van der Waals surface area (Å²) in [5.74, 6) is -0.900. The molecule has 2 rings (SSSR count). The number of aryl methyl sites for hydroxylation is 1. The first-order valence-electron chi connectivity index (χ1n) is 6.48. The number of amides is 1. The Morgan fingerprint density at radius 2 is 2.05 bits per heavy atom. The van der Waals surface area contributed by atoms with E-state index in [1.165, 1.54) is 0 Å². The summed E-state index contributed by atoms with van der Waals surface area (Å²) >= 11 is 1.60. The van der Waals surface area contributed by atoms with Crippen LogP contribution in [0.15, 0.2) is 24.3 Å². The minimum Gasteiger partial charge on any atom is -0.481 e. The van der Waals surface area contributed by atoms with Gasteiger partial charge in [0, 0.05) is 25.8 Å². The molecule has 1 amide bonds. The predicted molar refractivity (Wildman–Crippen MR) is 77.8 cm³/mol. The zero-order valence-corrected chi connectivity index (χ0v) is 11.8. The van der Waals surface area contributed by atoms with Crippen LogP contribution in [0, 0.1) is 0 Å². The number of rotatable bonds is 7. The third-order valence-corrected chi connectivity index (χ3v) is 3.89. The van der Waals surface area contributed by atoms with Crippen LogP contribution in [0.2, 0.25) is 0 Å². The number of hydrogen-bond donors (Lipinski definition) is 2. The molecule has 0 unspecified atom stereocenters. The van der Waals surface area contributed by atoms with E-state index >= 15 is 0 Å². The summed E-state index contributed by atoms with van der Waals surface area (Å²) in [6.07, 6.45) is 1.54. The van der Waals surface area contributed by atoms with Crippen LogP contribution in [-0.2, 0) is 16.0 Å². The Kier molecular flexibility index (Phi) is 5.06. The molecule has 20 heavy (non-hydrogen) atoms. The van der Waals surface area contributed by atoms with Crippen LogP contribution in [0.25, 0.3) is 10.2 Å². The first-order valence-corrected chi connectivity index (χ1v) is 7.30. The van der Waals surface area contributed by atoms with Gasteiger partial charge >= 0.3 is 5.97 Å². The van der Waals surface area contributed by atoms with E-state index in [0.29, 0.717) is 25.8 Å². The van der Waals surface area contributed by atoms with Crippen molar-refractivity contribution in [1.29, 1.82) is 0 Å². The van der Waals surface area contributed by atoms with Gasteiger partial charge in [-0.2, -0.15) is 0 Å². The number of nitrogens with zero attached hydrogens (tertiary/aromatic N) is 1. The van der Waals surface area contributed by atoms with Crippen LogP contribution in [0.1, 0.15) is 24.3 Å². The van der Waals surface area contributed by atoms with Crippen molar-refractivity contribution in [2.24, 2.45) is 0 Å². The van der Waals surface area contributed by atoms with Crippen molar-refractivity contribution >= 4 is 33.4 Å². The molecule has 0 fully saturated rings. The summed E-state index contributed by atoms with van der Waals surface area (Å²) in [7, 11) is 0. The maximum Gasteiger partial charge on any atom is 0.303 e. The number of nitrogens with one attached hydrogen (secondary N) is 1. The molecule has 6 heteroatoms. The average molecular weight is 292 g/mol. The van der Waals surface area contributed by atoms with Gasteiger partial charge in [-0.05, 0) is 18.6 Å². The molecule has 2 N–H and O–H groups in total. The Hall–Kier alpha value is -1.95. The smallest absolute Gasteiger partial charge is 0.303 e. The molecule has 1 aromatic heterocycles. The molecule has 0 spiro atoms. The first kappa shape index (κ1) is 14.5. The molecule has 106 valence electrons. The van der Waals surface area contributed by atoms with Crippen molar-refractivity contribution in [3.63, 3.8) is 0 Å². The lowest BCUT2D eigenvalue weighted by Gasteiger charge is -2.02. The van der Waals surface area contributed by atoms with Gasteiger partial charge in [-0.1, -0.05) is 12.1 Å². The van der Waals surface area contributed by atoms with Crippen molar-refractivity contribution in [2.75, 3.05) is 6.54 Å². The fourth-order valence-corrected chi connectivity index (χ4v) is 2.77. The molecule has 0 radical (unpaired) electrons. The molecule has 2 aromatic rings. The van der Waals surface area contributed by atoms with Gasteiger partial charge in [0.05, 0.1) is 15.2 Å².